The quantitative estimate of drug-likeness (QED) is 0.836. The number of carbonyl (C=O) groups is 1. The van der Waals surface area contributed by atoms with E-state index in [2.05, 4.69) is 5.32 Å². The van der Waals surface area contributed by atoms with Gasteiger partial charge in [-0.3, -0.25) is 4.79 Å². The SMILES string of the molecule is O=C(NCCC1CCCO1)c1cc(F)cc(S(=O)(=O)Cl)c1. The Morgan fingerprint density at radius 2 is 2.19 bits per heavy atom. The van der Waals surface area contributed by atoms with Crippen LogP contribution in [0.4, 0.5) is 4.39 Å². The maximum atomic E-state index is 13.4. The van der Waals surface area contributed by atoms with E-state index in [4.69, 9.17) is 15.4 Å². The van der Waals surface area contributed by atoms with Crippen LogP contribution in [0.5, 0.6) is 0 Å². The molecule has 0 aromatic heterocycles. The monoisotopic (exact) mass is 335 g/mol. The van der Waals surface area contributed by atoms with Crippen molar-refractivity contribution in [1.82, 2.24) is 5.32 Å². The molecule has 21 heavy (non-hydrogen) atoms. The minimum absolute atomic E-state index is 0.0819. The molecule has 1 atom stereocenters. The van der Waals surface area contributed by atoms with Gasteiger partial charge in [0.25, 0.3) is 15.0 Å². The standard InChI is InChI=1S/C13H15ClFNO4S/c14-21(18,19)12-7-9(6-10(15)8-12)13(17)16-4-3-11-2-1-5-20-11/h6-8,11H,1-5H2,(H,16,17). The van der Waals surface area contributed by atoms with Crippen LogP contribution >= 0.6 is 10.7 Å². The summed E-state index contributed by atoms with van der Waals surface area (Å²) in [4.78, 5) is 11.5. The van der Waals surface area contributed by atoms with E-state index in [1.807, 2.05) is 0 Å². The third-order valence-corrected chi connectivity index (χ3v) is 4.52. The second-order valence-electron chi connectivity index (χ2n) is 4.79. The van der Waals surface area contributed by atoms with Crippen LogP contribution in [-0.2, 0) is 13.8 Å². The summed E-state index contributed by atoms with van der Waals surface area (Å²) in [6.45, 7) is 1.11. The number of hydrogen-bond donors (Lipinski definition) is 1. The number of halogens is 2. The second kappa shape index (κ2) is 6.72. The zero-order valence-corrected chi connectivity index (χ0v) is 12.7. The Morgan fingerprint density at radius 1 is 1.43 bits per heavy atom. The molecular formula is C13H15ClFNO4S. The first-order chi connectivity index (χ1) is 9.86. The number of nitrogens with one attached hydrogen (secondary N) is 1. The third-order valence-electron chi connectivity index (χ3n) is 3.19. The highest BCUT2D eigenvalue weighted by molar-refractivity contribution is 8.13. The van der Waals surface area contributed by atoms with Gasteiger partial charge in [0.15, 0.2) is 0 Å². The molecule has 1 aliphatic heterocycles. The summed E-state index contributed by atoms with van der Waals surface area (Å²) in [5.74, 6) is -1.38. The van der Waals surface area contributed by atoms with Gasteiger partial charge < -0.3 is 10.1 Å². The molecule has 1 aliphatic rings. The van der Waals surface area contributed by atoms with Crippen LogP contribution in [0.25, 0.3) is 0 Å². The second-order valence-corrected chi connectivity index (χ2v) is 7.36. The maximum Gasteiger partial charge on any atom is 0.261 e. The van der Waals surface area contributed by atoms with Crippen LogP contribution in [0, 0.1) is 5.82 Å². The maximum absolute atomic E-state index is 13.4. The topological polar surface area (TPSA) is 72.5 Å². The molecule has 2 rings (SSSR count). The number of hydrogen-bond acceptors (Lipinski definition) is 4. The lowest BCUT2D eigenvalue weighted by molar-refractivity contribution is 0.0906. The zero-order valence-electron chi connectivity index (χ0n) is 11.1. The molecule has 0 spiro atoms. The molecule has 0 saturated carbocycles. The van der Waals surface area contributed by atoms with Gasteiger partial charge in [0.05, 0.1) is 11.0 Å². The summed E-state index contributed by atoms with van der Waals surface area (Å²) in [5, 5.41) is 2.61. The fraction of sp³-hybridized carbons (Fsp3) is 0.462. The summed E-state index contributed by atoms with van der Waals surface area (Å²) in [5.41, 5.74) is -0.0819. The van der Waals surface area contributed by atoms with Gasteiger partial charge in [-0.05, 0) is 37.5 Å². The molecule has 0 aliphatic carbocycles. The van der Waals surface area contributed by atoms with Crippen LogP contribution in [0.2, 0.25) is 0 Å². The van der Waals surface area contributed by atoms with E-state index >= 15 is 0 Å². The average molecular weight is 336 g/mol. The molecule has 5 nitrogen and oxygen atoms in total. The van der Waals surface area contributed by atoms with Crippen LogP contribution < -0.4 is 5.32 Å². The van der Waals surface area contributed by atoms with Gasteiger partial charge in [0.2, 0.25) is 0 Å². The van der Waals surface area contributed by atoms with Gasteiger partial charge in [0.1, 0.15) is 5.82 Å². The van der Waals surface area contributed by atoms with Crippen molar-refractivity contribution in [2.75, 3.05) is 13.2 Å². The first-order valence-electron chi connectivity index (χ1n) is 6.51. The lowest BCUT2D eigenvalue weighted by Gasteiger charge is -2.10. The molecule has 8 heteroatoms. The average Bonchev–Trinajstić information content (AvgIpc) is 2.90. The molecule has 1 unspecified atom stereocenters. The number of carbonyl (C=O) groups excluding carboxylic acids is 1. The Hall–Kier alpha value is -1.18. The third kappa shape index (κ3) is 4.66. The highest BCUT2D eigenvalue weighted by Crippen LogP contribution is 2.19. The molecule has 116 valence electrons. The normalized spacial score (nSPS) is 18.7. The summed E-state index contributed by atoms with van der Waals surface area (Å²) in [6, 6.07) is 2.78. The minimum atomic E-state index is -4.08. The molecule has 1 fully saturated rings. The van der Waals surface area contributed by atoms with Crippen LogP contribution in [0.3, 0.4) is 0 Å². The van der Waals surface area contributed by atoms with Crippen molar-refractivity contribution in [1.29, 1.82) is 0 Å². The minimum Gasteiger partial charge on any atom is -0.378 e. The summed E-state index contributed by atoms with van der Waals surface area (Å²) < 4.78 is 41.2. The fourth-order valence-electron chi connectivity index (χ4n) is 2.16. The lowest BCUT2D eigenvalue weighted by Crippen LogP contribution is -2.27. The molecule has 1 saturated heterocycles. The molecule has 1 aromatic carbocycles. The summed E-state index contributed by atoms with van der Waals surface area (Å²) in [7, 11) is 1.07. The van der Waals surface area contributed by atoms with Crippen molar-refractivity contribution < 1.29 is 22.3 Å². The molecule has 1 aromatic rings. The van der Waals surface area contributed by atoms with Gasteiger partial charge in [-0.25, -0.2) is 12.8 Å². The summed E-state index contributed by atoms with van der Waals surface area (Å²) >= 11 is 0. The van der Waals surface area contributed by atoms with Gasteiger partial charge in [-0.1, -0.05) is 0 Å². The van der Waals surface area contributed by atoms with E-state index < -0.39 is 25.7 Å². The largest absolute Gasteiger partial charge is 0.378 e. The highest BCUT2D eigenvalue weighted by Gasteiger charge is 2.18. The number of benzene rings is 1. The van der Waals surface area contributed by atoms with E-state index in [0.29, 0.717) is 13.0 Å². The van der Waals surface area contributed by atoms with Gasteiger partial charge in [-0.2, -0.15) is 0 Å². The van der Waals surface area contributed by atoms with E-state index in [0.717, 1.165) is 37.6 Å². The first-order valence-corrected chi connectivity index (χ1v) is 8.82. The number of rotatable bonds is 5. The fourth-order valence-corrected chi connectivity index (χ4v) is 2.94. The van der Waals surface area contributed by atoms with Gasteiger partial charge >= 0.3 is 0 Å². The van der Waals surface area contributed by atoms with Crippen molar-refractivity contribution in [2.45, 2.75) is 30.3 Å². The molecule has 1 N–H and O–H groups in total. The van der Waals surface area contributed by atoms with Crippen molar-refractivity contribution in [3.05, 3.63) is 29.6 Å². The van der Waals surface area contributed by atoms with Gasteiger partial charge in [0, 0.05) is 29.4 Å². The first kappa shape index (κ1) is 16.2. The zero-order chi connectivity index (χ0) is 15.5. The Bertz CT molecular complexity index is 629. The van der Waals surface area contributed by atoms with Crippen LogP contribution in [-0.4, -0.2) is 33.6 Å². The Morgan fingerprint density at radius 3 is 2.81 bits per heavy atom. The number of ether oxygens (including phenoxy) is 1. The van der Waals surface area contributed by atoms with Crippen molar-refractivity contribution in [2.24, 2.45) is 0 Å². The highest BCUT2D eigenvalue weighted by atomic mass is 35.7. The molecular weight excluding hydrogens is 321 g/mol. The smallest absolute Gasteiger partial charge is 0.261 e. The Balaban J connectivity index is 2.00. The molecule has 0 bridgehead atoms. The molecule has 1 heterocycles. The van der Waals surface area contributed by atoms with Crippen LogP contribution in [0.15, 0.2) is 23.1 Å². The lowest BCUT2D eigenvalue weighted by atomic mass is 10.1. The number of amides is 1. The van der Waals surface area contributed by atoms with Crippen LogP contribution in [0.1, 0.15) is 29.6 Å². The van der Waals surface area contributed by atoms with Gasteiger partial charge in [-0.15, -0.1) is 0 Å². The van der Waals surface area contributed by atoms with Crippen molar-refractivity contribution in [3.63, 3.8) is 0 Å². The van der Waals surface area contributed by atoms with E-state index in [-0.39, 0.29) is 11.7 Å². The molecule has 1 amide bonds. The van der Waals surface area contributed by atoms with Crippen molar-refractivity contribution >= 4 is 25.6 Å². The predicted molar refractivity (Wildman–Crippen MR) is 75.4 cm³/mol. The predicted octanol–water partition coefficient (Wildman–Crippen LogP) is 2.05. The summed E-state index contributed by atoms with van der Waals surface area (Å²) in [6.07, 6.45) is 2.78. The Labute approximate surface area is 126 Å². The van der Waals surface area contributed by atoms with E-state index in [9.17, 15) is 17.6 Å². The Kier molecular flexibility index (Phi) is 5.18. The van der Waals surface area contributed by atoms with Crippen molar-refractivity contribution in [3.8, 4) is 0 Å². The van der Waals surface area contributed by atoms with E-state index in [1.165, 1.54) is 0 Å². The molecule has 0 radical (unpaired) electrons. The van der Waals surface area contributed by atoms with E-state index in [1.54, 1.807) is 0 Å².